The maximum atomic E-state index is 13.9. The monoisotopic (exact) mass is 594 g/mol. The lowest BCUT2D eigenvalue weighted by Gasteiger charge is -2.20. The van der Waals surface area contributed by atoms with Crippen LogP contribution in [-0.2, 0) is 4.79 Å². The Bertz CT molecular complexity index is 1740. The third-order valence-corrected chi connectivity index (χ3v) is 7.23. The van der Waals surface area contributed by atoms with Gasteiger partial charge in [0.2, 0.25) is 5.91 Å². The molecule has 2 atom stereocenters. The number of nitrogens with two attached hydrogens (primary N) is 1. The van der Waals surface area contributed by atoms with Gasteiger partial charge in [-0.1, -0.05) is 30.2 Å². The Labute approximate surface area is 243 Å². The average Bonchev–Trinajstić information content (AvgIpc) is 3.40. The Morgan fingerprint density at radius 1 is 1.19 bits per heavy atom. The molecule has 1 aromatic carbocycles. The summed E-state index contributed by atoms with van der Waals surface area (Å²) >= 11 is 6.20. The first-order valence-electron chi connectivity index (χ1n) is 13.0. The Balaban J connectivity index is 1.60. The zero-order valence-corrected chi connectivity index (χ0v) is 23.0. The van der Waals surface area contributed by atoms with Crippen LogP contribution in [0.15, 0.2) is 79.4 Å². The predicted molar refractivity (Wildman–Crippen MR) is 153 cm³/mol. The summed E-state index contributed by atoms with van der Waals surface area (Å²) in [7, 11) is 0. The number of benzene rings is 1. The quantitative estimate of drug-likeness (QED) is 0.0885. The minimum absolute atomic E-state index is 0.0408. The smallest absolute Gasteiger partial charge is 0.340 e. The van der Waals surface area contributed by atoms with Crippen molar-refractivity contribution in [1.82, 2.24) is 14.8 Å². The first kappa shape index (κ1) is 28.7. The molecule has 1 aliphatic heterocycles. The van der Waals surface area contributed by atoms with E-state index in [1.165, 1.54) is 12.4 Å². The molecule has 216 valence electrons. The van der Waals surface area contributed by atoms with Crippen LogP contribution in [0.4, 0.5) is 20.2 Å². The van der Waals surface area contributed by atoms with Gasteiger partial charge in [0, 0.05) is 45.4 Å². The van der Waals surface area contributed by atoms with Crippen LogP contribution >= 0.6 is 11.6 Å². The molecule has 1 amide bonds. The fraction of sp³-hybridized carbons (Fsp3) is 0.250. The van der Waals surface area contributed by atoms with Gasteiger partial charge in [-0.2, -0.15) is 13.9 Å². The van der Waals surface area contributed by atoms with Crippen LogP contribution in [0.5, 0.6) is 0 Å². The fourth-order valence-electron chi connectivity index (χ4n) is 4.92. The topological polar surface area (TPSA) is 153 Å². The molecule has 3 N–H and O–H groups in total. The van der Waals surface area contributed by atoms with E-state index in [0.29, 0.717) is 57.0 Å². The van der Waals surface area contributed by atoms with Gasteiger partial charge in [0.05, 0.1) is 23.3 Å². The molecular formula is C28H25ClF2N8O3. The van der Waals surface area contributed by atoms with E-state index in [1.54, 1.807) is 49.4 Å². The zero-order chi connectivity index (χ0) is 29.8. The predicted octanol–water partition coefficient (Wildman–Crippen LogP) is 6.49. The molecule has 2 unspecified atom stereocenters. The Hall–Kier alpha value is -4.78. The SMILES string of the molecule is CC1CCCC(c2ccc(-c3cc(Cl)ccc3N=CN=NN)oc2=O)c2cc(ccn2)-c2c(cnn2C(F)F)NC1=O. The number of nitrogens with one attached hydrogen (secondary N) is 1. The Morgan fingerprint density at radius 2 is 2.02 bits per heavy atom. The van der Waals surface area contributed by atoms with Crippen molar-refractivity contribution in [3.05, 3.63) is 81.6 Å². The minimum atomic E-state index is -2.94. The van der Waals surface area contributed by atoms with Gasteiger partial charge in [0.1, 0.15) is 12.1 Å². The van der Waals surface area contributed by atoms with Crippen molar-refractivity contribution < 1.29 is 18.0 Å². The van der Waals surface area contributed by atoms with Gasteiger partial charge in [-0.3, -0.25) is 9.78 Å². The molecule has 5 rings (SSSR count). The maximum absolute atomic E-state index is 13.9. The third-order valence-electron chi connectivity index (χ3n) is 6.99. The van der Waals surface area contributed by atoms with E-state index >= 15 is 0 Å². The van der Waals surface area contributed by atoms with E-state index in [2.05, 4.69) is 30.7 Å². The number of rotatable bonds is 5. The van der Waals surface area contributed by atoms with E-state index < -0.39 is 24.0 Å². The molecule has 0 saturated heterocycles. The first-order valence-corrected chi connectivity index (χ1v) is 13.3. The second kappa shape index (κ2) is 12.4. The van der Waals surface area contributed by atoms with E-state index in [4.69, 9.17) is 21.9 Å². The molecule has 4 heterocycles. The number of carbonyl (C=O) groups is 1. The zero-order valence-electron chi connectivity index (χ0n) is 22.2. The van der Waals surface area contributed by atoms with Crippen molar-refractivity contribution >= 4 is 35.2 Å². The van der Waals surface area contributed by atoms with Crippen LogP contribution in [0, 0.1) is 5.92 Å². The maximum Gasteiger partial charge on any atom is 0.340 e. The largest absolute Gasteiger partial charge is 0.422 e. The molecule has 0 fully saturated rings. The van der Waals surface area contributed by atoms with E-state index in [0.717, 1.165) is 6.34 Å². The molecule has 4 aromatic rings. The van der Waals surface area contributed by atoms with Gasteiger partial charge in [-0.05, 0) is 55.3 Å². The third kappa shape index (κ3) is 5.96. The van der Waals surface area contributed by atoms with Crippen LogP contribution in [-0.4, -0.2) is 27.0 Å². The summed E-state index contributed by atoms with van der Waals surface area (Å²) in [6, 6.07) is 11.3. The number of amides is 1. The minimum Gasteiger partial charge on any atom is -0.422 e. The highest BCUT2D eigenvalue weighted by atomic mass is 35.5. The van der Waals surface area contributed by atoms with Gasteiger partial charge < -0.3 is 15.6 Å². The summed E-state index contributed by atoms with van der Waals surface area (Å²) in [6.45, 7) is -1.18. The molecule has 2 bridgehead atoms. The number of carbonyl (C=O) groups excluding carboxylic acids is 1. The highest BCUT2D eigenvalue weighted by molar-refractivity contribution is 6.31. The number of anilines is 1. The van der Waals surface area contributed by atoms with Crippen molar-refractivity contribution in [2.24, 2.45) is 27.1 Å². The number of aliphatic imine (C=N–C) groups is 1. The van der Waals surface area contributed by atoms with Gasteiger partial charge >= 0.3 is 12.2 Å². The Kier molecular flexibility index (Phi) is 8.48. The summed E-state index contributed by atoms with van der Waals surface area (Å²) in [5, 5.41) is 13.6. The van der Waals surface area contributed by atoms with Crippen molar-refractivity contribution in [1.29, 1.82) is 0 Å². The summed E-state index contributed by atoms with van der Waals surface area (Å²) < 4.78 is 34.1. The van der Waals surface area contributed by atoms with Crippen LogP contribution in [0.1, 0.15) is 49.9 Å². The molecule has 0 saturated carbocycles. The first-order chi connectivity index (χ1) is 20.3. The number of pyridine rings is 1. The van der Waals surface area contributed by atoms with Crippen molar-refractivity contribution in [3.63, 3.8) is 0 Å². The second-order valence-corrected chi connectivity index (χ2v) is 10.1. The lowest BCUT2D eigenvalue weighted by molar-refractivity contribution is -0.119. The second-order valence-electron chi connectivity index (χ2n) is 9.65. The summed E-state index contributed by atoms with van der Waals surface area (Å²) in [6.07, 6.45) is 5.36. The number of hydrogen-bond donors (Lipinski definition) is 2. The fourth-order valence-corrected chi connectivity index (χ4v) is 5.09. The lowest BCUT2D eigenvalue weighted by atomic mass is 9.88. The molecule has 11 nitrogen and oxygen atoms in total. The van der Waals surface area contributed by atoms with E-state index in [-0.39, 0.29) is 23.0 Å². The van der Waals surface area contributed by atoms with Gasteiger partial charge in [0.25, 0.3) is 0 Å². The number of nitrogens with zero attached hydrogens (tertiary/aromatic N) is 6. The molecule has 1 aliphatic rings. The van der Waals surface area contributed by atoms with Gasteiger partial charge in [-0.15, -0.1) is 5.11 Å². The molecule has 0 spiro atoms. The highest BCUT2D eigenvalue weighted by Gasteiger charge is 2.27. The molecule has 0 aliphatic carbocycles. The molecule has 42 heavy (non-hydrogen) atoms. The lowest BCUT2D eigenvalue weighted by Crippen LogP contribution is -2.22. The van der Waals surface area contributed by atoms with Crippen molar-refractivity contribution in [2.75, 3.05) is 5.32 Å². The van der Waals surface area contributed by atoms with E-state index in [9.17, 15) is 18.4 Å². The average molecular weight is 595 g/mol. The van der Waals surface area contributed by atoms with Crippen LogP contribution in [0.3, 0.4) is 0 Å². The van der Waals surface area contributed by atoms with Crippen molar-refractivity contribution in [2.45, 2.75) is 38.7 Å². The molecule has 14 heteroatoms. The van der Waals surface area contributed by atoms with Crippen molar-refractivity contribution in [3.8, 4) is 22.6 Å². The Morgan fingerprint density at radius 3 is 2.79 bits per heavy atom. The molecular weight excluding hydrogens is 570 g/mol. The van der Waals surface area contributed by atoms with E-state index in [1.807, 2.05) is 0 Å². The number of hydrogen-bond acceptors (Lipinski definition) is 7. The number of halogens is 3. The van der Waals surface area contributed by atoms with Gasteiger partial charge in [0.15, 0.2) is 0 Å². The molecule has 0 radical (unpaired) electrons. The number of fused-ring (bicyclic) bond motifs is 4. The van der Waals surface area contributed by atoms with Crippen LogP contribution in [0.25, 0.3) is 22.6 Å². The highest BCUT2D eigenvalue weighted by Crippen LogP contribution is 2.37. The number of aromatic nitrogens is 3. The van der Waals surface area contributed by atoms with Crippen LogP contribution in [0.2, 0.25) is 5.02 Å². The molecule has 3 aromatic heterocycles. The summed E-state index contributed by atoms with van der Waals surface area (Å²) in [4.78, 5) is 35.0. The summed E-state index contributed by atoms with van der Waals surface area (Å²) in [5.41, 5.74) is 1.63. The normalized spacial score (nSPS) is 17.7. The van der Waals surface area contributed by atoms with Crippen LogP contribution < -0.4 is 16.8 Å². The van der Waals surface area contributed by atoms with Gasteiger partial charge in [-0.25, -0.2) is 14.5 Å². The number of alkyl halides is 2. The summed E-state index contributed by atoms with van der Waals surface area (Å²) in [5.74, 6) is 3.97. The standard InChI is InChI=1S/C28H25ClF2N8O3/c1-15-3-2-4-18(22-11-16(9-10-33-22)25-23(37-26(15)40)13-36-39(25)28(30)31)19-6-8-24(42-27(19)41)20-12-17(29)5-7-21(20)34-14-35-38-32/h5-15,18,28H,2-4H2,1H3,(H,37,40)(H2,32,34,35).